The van der Waals surface area contributed by atoms with Crippen LogP contribution in [0.2, 0.25) is 0 Å². The van der Waals surface area contributed by atoms with Crippen LogP contribution in [0.1, 0.15) is 21.5 Å². The summed E-state index contributed by atoms with van der Waals surface area (Å²) in [5.74, 6) is -1.12. The smallest absolute Gasteiger partial charge is 0.338 e. The zero-order valence-electron chi connectivity index (χ0n) is 15.7. The first-order chi connectivity index (χ1) is 13.2. The Morgan fingerprint density at radius 2 is 1.79 bits per heavy atom. The van der Waals surface area contributed by atoms with Crippen LogP contribution in [0.25, 0.3) is 0 Å². The van der Waals surface area contributed by atoms with E-state index in [0.717, 1.165) is 5.56 Å². The second-order valence-electron chi connectivity index (χ2n) is 6.12. The molecule has 0 spiro atoms. The van der Waals surface area contributed by atoms with Crippen molar-refractivity contribution in [3.63, 3.8) is 0 Å². The van der Waals surface area contributed by atoms with Gasteiger partial charge in [0, 0.05) is 12.2 Å². The standard InChI is InChI=1S/C20H22N2O5S/c1-4-11-21-19(23)13-27-20(24)16-7-9-17(10-8-16)22-28(25,26)18-12-14(2)5-6-15(18)3/h4-10,12,22H,1,11,13H2,2-3H3,(H,21,23). The number of aryl methyl sites for hydroxylation is 2. The summed E-state index contributed by atoms with van der Waals surface area (Å²) in [6, 6.07) is 10.9. The number of amides is 1. The normalized spacial score (nSPS) is 10.8. The lowest BCUT2D eigenvalue weighted by molar-refractivity contribution is -0.124. The van der Waals surface area contributed by atoms with E-state index in [9.17, 15) is 18.0 Å². The zero-order chi connectivity index (χ0) is 20.7. The predicted octanol–water partition coefficient (Wildman–Crippen LogP) is 2.56. The topological polar surface area (TPSA) is 102 Å². The van der Waals surface area contributed by atoms with Crippen molar-refractivity contribution in [2.24, 2.45) is 0 Å². The van der Waals surface area contributed by atoms with Crippen molar-refractivity contribution in [2.45, 2.75) is 18.7 Å². The number of sulfonamides is 1. The van der Waals surface area contributed by atoms with E-state index in [1.165, 1.54) is 30.3 Å². The van der Waals surface area contributed by atoms with Crippen molar-refractivity contribution in [2.75, 3.05) is 17.9 Å². The van der Waals surface area contributed by atoms with Crippen LogP contribution in [-0.2, 0) is 19.6 Å². The molecule has 0 saturated carbocycles. The molecule has 2 aromatic rings. The van der Waals surface area contributed by atoms with E-state index in [4.69, 9.17) is 4.74 Å². The largest absolute Gasteiger partial charge is 0.452 e. The van der Waals surface area contributed by atoms with Gasteiger partial charge in [0.1, 0.15) is 0 Å². The van der Waals surface area contributed by atoms with Crippen LogP contribution in [0.5, 0.6) is 0 Å². The van der Waals surface area contributed by atoms with Crippen LogP contribution in [0.3, 0.4) is 0 Å². The Morgan fingerprint density at radius 3 is 2.43 bits per heavy atom. The Balaban J connectivity index is 2.04. The lowest BCUT2D eigenvalue weighted by Gasteiger charge is -2.11. The van der Waals surface area contributed by atoms with Gasteiger partial charge in [-0.3, -0.25) is 9.52 Å². The number of nitrogens with one attached hydrogen (secondary N) is 2. The predicted molar refractivity (Wildman–Crippen MR) is 107 cm³/mol. The molecule has 0 aliphatic rings. The maximum absolute atomic E-state index is 12.6. The van der Waals surface area contributed by atoms with E-state index in [1.807, 2.05) is 13.0 Å². The number of hydrogen-bond donors (Lipinski definition) is 2. The molecule has 0 saturated heterocycles. The molecule has 148 valence electrons. The Hall–Kier alpha value is -3.13. The monoisotopic (exact) mass is 402 g/mol. The molecule has 0 aromatic heterocycles. The Morgan fingerprint density at radius 1 is 1.11 bits per heavy atom. The van der Waals surface area contributed by atoms with Gasteiger partial charge >= 0.3 is 5.97 Å². The average molecular weight is 402 g/mol. The molecule has 7 nitrogen and oxygen atoms in total. The van der Waals surface area contributed by atoms with Crippen LogP contribution in [0, 0.1) is 13.8 Å². The number of rotatable bonds is 8. The lowest BCUT2D eigenvalue weighted by Crippen LogP contribution is -2.28. The highest BCUT2D eigenvalue weighted by Crippen LogP contribution is 2.21. The summed E-state index contributed by atoms with van der Waals surface area (Å²) in [4.78, 5) is 23.6. The SMILES string of the molecule is C=CCNC(=O)COC(=O)c1ccc(NS(=O)(=O)c2cc(C)ccc2C)cc1. The molecule has 28 heavy (non-hydrogen) atoms. The maximum atomic E-state index is 12.6. The Bertz CT molecular complexity index is 982. The summed E-state index contributed by atoms with van der Waals surface area (Å²) in [6.07, 6.45) is 1.51. The highest BCUT2D eigenvalue weighted by Gasteiger charge is 2.17. The molecule has 0 aliphatic heterocycles. The summed E-state index contributed by atoms with van der Waals surface area (Å²) in [5.41, 5.74) is 1.97. The fraction of sp³-hybridized carbons (Fsp3) is 0.200. The van der Waals surface area contributed by atoms with Crippen molar-refractivity contribution in [3.8, 4) is 0 Å². The summed E-state index contributed by atoms with van der Waals surface area (Å²) in [6.45, 7) is 6.88. The van der Waals surface area contributed by atoms with Gasteiger partial charge in [0.15, 0.2) is 6.61 Å². The summed E-state index contributed by atoms with van der Waals surface area (Å²) in [7, 11) is -3.76. The fourth-order valence-corrected chi connectivity index (χ4v) is 3.72. The second kappa shape index (κ2) is 9.18. The molecular formula is C20H22N2O5S. The number of carbonyl (C=O) groups excluding carboxylic acids is 2. The molecule has 2 rings (SSSR count). The minimum atomic E-state index is -3.76. The van der Waals surface area contributed by atoms with Crippen LogP contribution in [-0.4, -0.2) is 33.4 Å². The number of benzene rings is 2. The third-order valence-electron chi connectivity index (χ3n) is 3.78. The van der Waals surface area contributed by atoms with E-state index in [1.54, 1.807) is 19.1 Å². The molecule has 0 aliphatic carbocycles. The maximum Gasteiger partial charge on any atom is 0.338 e. The van der Waals surface area contributed by atoms with Gasteiger partial charge in [0.25, 0.3) is 15.9 Å². The number of esters is 1. The van der Waals surface area contributed by atoms with Crippen LogP contribution < -0.4 is 10.0 Å². The molecule has 2 aromatic carbocycles. The third kappa shape index (κ3) is 5.68. The van der Waals surface area contributed by atoms with Crippen molar-refractivity contribution in [1.82, 2.24) is 5.32 Å². The second-order valence-corrected chi connectivity index (χ2v) is 7.77. The van der Waals surface area contributed by atoms with Gasteiger partial charge in [-0.25, -0.2) is 13.2 Å². The van der Waals surface area contributed by atoms with Crippen LogP contribution >= 0.6 is 0 Å². The van der Waals surface area contributed by atoms with Gasteiger partial charge in [-0.05, 0) is 55.3 Å². The van der Waals surface area contributed by atoms with Crippen LogP contribution in [0.15, 0.2) is 60.0 Å². The van der Waals surface area contributed by atoms with Gasteiger partial charge in [-0.15, -0.1) is 6.58 Å². The number of anilines is 1. The number of ether oxygens (including phenoxy) is 1. The Labute approximate surface area is 164 Å². The zero-order valence-corrected chi connectivity index (χ0v) is 16.5. The molecule has 0 heterocycles. The number of carbonyl (C=O) groups is 2. The minimum Gasteiger partial charge on any atom is -0.452 e. The molecule has 0 radical (unpaired) electrons. The average Bonchev–Trinajstić information content (AvgIpc) is 2.66. The summed E-state index contributed by atoms with van der Waals surface area (Å²) < 4.78 is 32.6. The first-order valence-electron chi connectivity index (χ1n) is 8.48. The molecule has 1 amide bonds. The molecular weight excluding hydrogens is 380 g/mol. The van der Waals surface area contributed by atoms with Crippen molar-refractivity contribution in [3.05, 3.63) is 71.8 Å². The molecule has 0 bridgehead atoms. The quantitative estimate of drug-likeness (QED) is 0.522. The van der Waals surface area contributed by atoms with Crippen molar-refractivity contribution < 1.29 is 22.7 Å². The van der Waals surface area contributed by atoms with Gasteiger partial charge in [0.2, 0.25) is 0 Å². The number of hydrogen-bond acceptors (Lipinski definition) is 5. The lowest BCUT2D eigenvalue weighted by atomic mass is 10.2. The third-order valence-corrected chi connectivity index (χ3v) is 5.31. The summed E-state index contributed by atoms with van der Waals surface area (Å²) >= 11 is 0. The van der Waals surface area contributed by atoms with E-state index in [-0.39, 0.29) is 17.0 Å². The first-order valence-corrected chi connectivity index (χ1v) is 9.96. The molecule has 0 unspecified atom stereocenters. The fourth-order valence-electron chi connectivity index (χ4n) is 2.33. The van der Waals surface area contributed by atoms with E-state index >= 15 is 0 Å². The summed E-state index contributed by atoms with van der Waals surface area (Å²) in [5, 5.41) is 2.49. The van der Waals surface area contributed by atoms with Crippen LogP contribution in [0.4, 0.5) is 5.69 Å². The molecule has 0 fully saturated rings. The first kappa shape index (κ1) is 21.2. The van der Waals surface area contributed by atoms with Gasteiger partial charge in [-0.1, -0.05) is 18.2 Å². The van der Waals surface area contributed by atoms with Gasteiger partial charge in [0.05, 0.1) is 10.5 Å². The minimum absolute atomic E-state index is 0.196. The molecule has 8 heteroatoms. The highest BCUT2D eigenvalue weighted by molar-refractivity contribution is 7.92. The van der Waals surface area contributed by atoms with Gasteiger partial charge in [-0.2, -0.15) is 0 Å². The van der Waals surface area contributed by atoms with Crippen molar-refractivity contribution >= 4 is 27.6 Å². The van der Waals surface area contributed by atoms with E-state index in [0.29, 0.717) is 11.3 Å². The Kier molecular flexibility index (Phi) is 6.94. The highest BCUT2D eigenvalue weighted by atomic mass is 32.2. The molecule has 2 N–H and O–H groups in total. The van der Waals surface area contributed by atoms with E-state index in [2.05, 4.69) is 16.6 Å². The molecule has 0 atom stereocenters. The van der Waals surface area contributed by atoms with Gasteiger partial charge < -0.3 is 10.1 Å². The van der Waals surface area contributed by atoms with E-state index < -0.39 is 28.5 Å². The van der Waals surface area contributed by atoms with Crippen molar-refractivity contribution in [1.29, 1.82) is 0 Å².